The molecule has 4 N–H and O–H groups in total. The zero-order valence-electron chi connectivity index (χ0n) is 11.2. The SMILES string of the molecule is CC(C(=O)NCC(O)C(C)C)c1cccc(N)c1. The van der Waals surface area contributed by atoms with Gasteiger partial charge in [0.05, 0.1) is 12.0 Å². The van der Waals surface area contributed by atoms with E-state index in [0.29, 0.717) is 5.69 Å². The summed E-state index contributed by atoms with van der Waals surface area (Å²) in [6, 6.07) is 7.29. The lowest BCUT2D eigenvalue weighted by Gasteiger charge is -2.17. The van der Waals surface area contributed by atoms with E-state index in [1.165, 1.54) is 0 Å². The van der Waals surface area contributed by atoms with Crippen molar-refractivity contribution in [3.05, 3.63) is 29.8 Å². The topological polar surface area (TPSA) is 75.3 Å². The monoisotopic (exact) mass is 250 g/mol. The third kappa shape index (κ3) is 4.04. The van der Waals surface area contributed by atoms with E-state index >= 15 is 0 Å². The van der Waals surface area contributed by atoms with Crippen LogP contribution in [0.25, 0.3) is 0 Å². The van der Waals surface area contributed by atoms with Crippen molar-refractivity contribution in [1.82, 2.24) is 5.32 Å². The Morgan fingerprint density at radius 2 is 2.06 bits per heavy atom. The Morgan fingerprint density at radius 1 is 1.39 bits per heavy atom. The van der Waals surface area contributed by atoms with Gasteiger partial charge in [-0.1, -0.05) is 26.0 Å². The molecule has 2 unspecified atom stereocenters. The highest BCUT2D eigenvalue weighted by molar-refractivity contribution is 5.83. The van der Waals surface area contributed by atoms with Crippen molar-refractivity contribution >= 4 is 11.6 Å². The van der Waals surface area contributed by atoms with Crippen LogP contribution in [0, 0.1) is 5.92 Å². The Balaban J connectivity index is 2.57. The van der Waals surface area contributed by atoms with E-state index in [1.807, 2.05) is 32.9 Å². The number of amides is 1. The number of hydrogen-bond donors (Lipinski definition) is 3. The van der Waals surface area contributed by atoms with Gasteiger partial charge in [0.1, 0.15) is 0 Å². The predicted octanol–water partition coefficient (Wildman–Crippen LogP) is 1.51. The number of benzene rings is 1. The van der Waals surface area contributed by atoms with Gasteiger partial charge in [-0.2, -0.15) is 0 Å². The smallest absolute Gasteiger partial charge is 0.227 e. The predicted molar refractivity (Wildman–Crippen MR) is 73.1 cm³/mol. The van der Waals surface area contributed by atoms with E-state index in [0.717, 1.165) is 5.56 Å². The highest BCUT2D eigenvalue weighted by Crippen LogP contribution is 2.17. The fourth-order valence-corrected chi connectivity index (χ4v) is 1.57. The number of carbonyl (C=O) groups excluding carboxylic acids is 1. The molecule has 0 heterocycles. The van der Waals surface area contributed by atoms with Gasteiger partial charge < -0.3 is 16.2 Å². The van der Waals surface area contributed by atoms with Crippen molar-refractivity contribution < 1.29 is 9.90 Å². The van der Waals surface area contributed by atoms with E-state index < -0.39 is 6.10 Å². The van der Waals surface area contributed by atoms with Gasteiger partial charge in [-0.05, 0) is 30.5 Å². The molecule has 0 aliphatic heterocycles. The number of aliphatic hydroxyl groups is 1. The van der Waals surface area contributed by atoms with Crippen LogP contribution < -0.4 is 11.1 Å². The highest BCUT2D eigenvalue weighted by Gasteiger charge is 2.17. The Hall–Kier alpha value is -1.55. The van der Waals surface area contributed by atoms with Gasteiger partial charge >= 0.3 is 0 Å². The lowest BCUT2D eigenvalue weighted by atomic mass is 9.99. The van der Waals surface area contributed by atoms with Crippen LogP contribution in [-0.4, -0.2) is 23.7 Å². The van der Waals surface area contributed by atoms with Crippen LogP contribution >= 0.6 is 0 Å². The summed E-state index contributed by atoms with van der Waals surface area (Å²) < 4.78 is 0. The van der Waals surface area contributed by atoms with Gasteiger partial charge in [-0.3, -0.25) is 4.79 Å². The van der Waals surface area contributed by atoms with E-state index in [-0.39, 0.29) is 24.3 Å². The lowest BCUT2D eigenvalue weighted by Crippen LogP contribution is -2.36. The summed E-state index contributed by atoms with van der Waals surface area (Å²) in [4.78, 5) is 11.9. The van der Waals surface area contributed by atoms with Gasteiger partial charge in [0.25, 0.3) is 0 Å². The minimum Gasteiger partial charge on any atom is -0.399 e. The van der Waals surface area contributed by atoms with Crippen molar-refractivity contribution in [2.75, 3.05) is 12.3 Å². The Morgan fingerprint density at radius 3 is 2.61 bits per heavy atom. The fourth-order valence-electron chi connectivity index (χ4n) is 1.57. The summed E-state index contributed by atoms with van der Waals surface area (Å²) in [7, 11) is 0. The maximum Gasteiger partial charge on any atom is 0.227 e. The quantitative estimate of drug-likeness (QED) is 0.693. The summed E-state index contributed by atoms with van der Waals surface area (Å²) in [5.74, 6) is -0.235. The van der Waals surface area contributed by atoms with Crippen LogP contribution in [0.4, 0.5) is 5.69 Å². The van der Waals surface area contributed by atoms with Gasteiger partial charge in [0.15, 0.2) is 0 Å². The second-order valence-electron chi connectivity index (χ2n) is 4.95. The van der Waals surface area contributed by atoms with Crippen molar-refractivity contribution in [3.63, 3.8) is 0 Å². The third-order valence-corrected chi connectivity index (χ3v) is 3.06. The molecule has 1 rings (SSSR count). The maximum atomic E-state index is 11.9. The van der Waals surface area contributed by atoms with Crippen LogP contribution in [0.1, 0.15) is 32.3 Å². The molecule has 0 spiro atoms. The maximum absolute atomic E-state index is 11.9. The fraction of sp³-hybridized carbons (Fsp3) is 0.500. The van der Waals surface area contributed by atoms with Crippen molar-refractivity contribution in [1.29, 1.82) is 0 Å². The molecule has 4 heteroatoms. The number of aliphatic hydroxyl groups excluding tert-OH is 1. The molecule has 0 fully saturated rings. The number of rotatable bonds is 5. The summed E-state index contributed by atoms with van der Waals surface area (Å²) in [5.41, 5.74) is 7.22. The summed E-state index contributed by atoms with van der Waals surface area (Å²) >= 11 is 0. The molecule has 0 saturated heterocycles. The number of nitrogen functional groups attached to an aromatic ring is 1. The minimum absolute atomic E-state index is 0.0969. The first-order chi connectivity index (χ1) is 8.41. The largest absolute Gasteiger partial charge is 0.399 e. The van der Waals surface area contributed by atoms with Crippen LogP contribution in [-0.2, 0) is 4.79 Å². The first-order valence-electron chi connectivity index (χ1n) is 6.23. The van der Waals surface area contributed by atoms with Crippen molar-refractivity contribution in [2.24, 2.45) is 5.92 Å². The molecule has 0 saturated carbocycles. The number of hydrogen-bond acceptors (Lipinski definition) is 3. The Bertz CT molecular complexity index is 405. The summed E-state index contributed by atoms with van der Waals surface area (Å²) in [5, 5.41) is 12.4. The highest BCUT2D eigenvalue weighted by atomic mass is 16.3. The second kappa shape index (κ2) is 6.40. The molecule has 0 aliphatic rings. The summed E-state index contributed by atoms with van der Waals surface area (Å²) in [6.07, 6.45) is -0.512. The summed E-state index contributed by atoms with van der Waals surface area (Å²) in [6.45, 7) is 5.94. The minimum atomic E-state index is -0.512. The van der Waals surface area contributed by atoms with Crippen LogP contribution in [0.3, 0.4) is 0 Å². The number of nitrogens with one attached hydrogen (secondary N) is 1. The Kier molecular flexibility index (Phi) is 5.16. The number of anilines is 1. The zero-order valence-corrected chi connectivity index (χ0v) is 11.2. The second-order valence-corrected chi connectivity index (χ2v) is 4.95. The molecular weight excluding hydrogens is 228 g/mol. The molecule has 4 nitrogen and oxygen atoms in total. The average molecular weight is 250 g/mol. The lowest BCUT2D eigenvalue weighted by molar-refractivity contribution is -0.122. The molecule has 2 atom stereocenters. The standard InChI is InChI=1S/C14H22N2O2/c1-9(2)13(17)8-16-14(18)10(3)11-5-4-6-12(15)7-11/h4-7,9-10,13,17H,8,15H2,1-3H3,(H,16,18). The molecule has 1 aromatic carbocycles. The van der Waals surface area contributed by atoms with Crippen LogP contribution in [0.15, 0.2) is 24.3 Å². The molecule has 0 aliphatic carbocycles. The van der Waals surface area contributed by atoms with Crippen molar-refractivity contribution in [2.45, 2.75) is 32.8 Å². The van der Waals surface area contributed by atoms with Crippen molar-refractivity contribution in [3.8, 4) is 0 Å². The zero-order chi connectivity index (χ0) is 13.7. The van der Waals surface area contributed by atoms with E-state index in [1.54, 1.807) is 12.1 Å². The first-order valence-corrected chi connectivity index (χ1v) is 6.23. The van der Waals surface area contributed by atoms with E-state index in [2.05, 4.69) is 5.32 Å². The first kappa shape index (κ1) is 14.5. The average Bonchev–Trinajstić information content (AvgIpc) is 2.34. The Labute approximate surface area is 108 Å². The normalized spacial score (nSPS) is 14.3. The molecule has 18 heavy (non-hydrogen) atoms. The molecule has 100 valence electrons. The van der Waals surface area contributed by atoms with Gasteiger partial charge in [0, 0.05) is 12.2 Å². The molecule has 0 aromatic heterocycles. The number of nitrogens with two attached hydrogens (primary N) is 1. The van der Waals surface area contributed by atoms with Crippen LogP contribution in [0.5, 0.6) is 0 Å². The molecule has 0 bridgehead atoms. The molecule has 1 amide bonds. The van der Waals surface area contributed by atoms with Crippen LogP contribution in [0.2, 0.25) is 0 Å². The molecule has 1 aromatic rings. The van der Waals surface area contributed by atoms with E-state index in [4.69, 9.17) is 5.73 Å². The third-order valence-electron chi connectivity index (χ3n) is 3.06. The van der Waals surface area contributed by atoms with E-state index in [9.17, 15) is 9.90 Å². The van der Waals surface area contributed by atoms with Gasteiger partial charge in [-0.25, -0.2) is 0 Å². The number of carbonyl (C=O) groups is 1. The molecule has 0 radical (unpaired) electrons. The van der Waals surface area contributed by atoms with Gasteiger partial charge in [-0.15, -0.1) is 0 Å². The van der Waals surface area contributed by atoms with Gasteiger partial charge in [0.2, 0.25) is 5.91 Å². The molecular formula is C14H22N2O2.